The Bertz CT molecular complexity index is 889. The zero-order valence-electron chi connectivity index (χ0n) is 14.3. The summed E-state index contributed by atoms with van der Waals surface area (Å²) in [6, 6.07) is 16.3. The number of carbonyl (C=O) groups is 1. The standard InChI is InChI=1S/C20H20N2O2S2/c21-12-16-13-22(8-9-24-16)20(23)15-4-1-3-14(11-15)17-6-7-19(26-17)18-5-2-10-25-18/h1-7,10-11,16H,8-9,12-13,21H2/t16-/m0/s1. The number of thiophene rings is 2. The van der Waals surface area contributed by atoms with Crippen molar-refractivity contribution in [2.75, 3.05) is 26.2 Å². The molecule has 1 fully saturated rings. The number of ether oxygens (including phenoxy) is 1. The van der Waals surface area contributed by atoms with E-state index in [4.69, 9.17) is 10.5 Å². The molecule has 4 rings (SSSR count). The van der Waals surface area contributed by atoms with Gasteiger partial charge in [-0.25, -0.2) is 0 Å². The van der Waals surface area contributed by atoms with Crippen LogP contribution in [0.1, 0.15) is 10.4 Å². The summed E-state index contributed by atoms with van der Waals surface area (Å²) in [5, 5.41) is 2.09. The lowest BCUT2D eigenvalue weighted by Gasteiger charge is -2.32. The van der Waals surface area contributed by atoms with E-state index >= 15 is 0 Å². The molecule has 0 aliphatic carbocycles. The van der Waals surface area contributed by atoms with E-state index in [-0.39, 0.29) is 12.0 Å². The Morgan fingerprint density at radius 1 is 1.15 bits per heavy atom. The second-order valence-electron chi connectivity index (χ2n) is 6.20. The van der Waals surface area contributed by atoms with Crippen molar-refractivity contribution in [2.24, 2.45) is 5.73 Å². The van der Waals surface area contributed by atoms with E-state index in [1.54, 1.807) is 22.7 Å². The Morgan fingerprint density at radius 2 is 2.04 bits per heavy atom. The molecule has 1 atom stereocenters. The van der Waals surface area contributed by atoms with E-state index in [0.29, 0.717) is 31.8 Å². The van der Waals surface area contributed by atoms with Gasteiger partial charge in [0, 0.05) is 39.8 Å². The van der Waals surface area contributed by atoms with E-state index in [1.165, 1.54) is 14.6 Å². The summed E-state index contributed by atoms with van der Waals surface area (Å²) in [6.45, 7) is 2.15. The van der Waals surface area contributed by atoms with Crippen LogP contribution in [-0.4, -0.2) is 43.2 Å². The Hall–Kier alpha value is -1.99. The number of rotatable bonds is 4. The van der Waals surface area contributed by atoms with Gasteiger partial charge in [-0.15, -0.1) is 22.7 Å². The molecule has 4 nitrogen and oxygen atoms in total. The predicted octanol–water partition coefficient (Wildman–Crippen LogP) is 3.94. The van der Waals surface area contributed by atoms with Crippen LogP contribution >= 0.6 is 22.7 Å². The van der Waals surface area contributed by atoms with Crippen LogP contribution in [0.3, 0.4) is 0 Å². The molecule has 0 saturated carbocycles. The zero-order valence-corrected chi connectivity index (χ0v) is 15.9. The number of nitrogens with two attached hydrogens (primary N) is 1. The average Bonchev–Trinajstić information content (AvgIpc) is 3.39. The highest BCUT2D eigenvalue weighted by atomic mass is 32.1. The second-order valence-corrected chi connectivity index (χ2v) is 8.23. The van der Waals surface area contributed by atoms with Gasteiger partial charge in [-0.1, -0.05) is 18.2 Å². The Morgan fingerprint density at radius 3 is 2.85 bits per heavy atom. The molecule has 1 amide bonds. The number of hydrogen-bond acceptors (Lipinski definition) is 5. The highest BCUT2D eigenvalue weighted by Crippen LogP contribution is 2.36. The maximum absolute atomic E-state index is 12.9. The quantitative estimate of drug-likeness (QED) is 0.741. The molecule has 3 aromatic rings. The molecular weight excluding hydrogens is 364 g/mol. The smallest absolute Gasteiger partial charge is 0.254 e. The second kappa shape index (κ2) is 7.72. The molecule has 1 aliphatic heterocycles. The van der Waals surface area contributed by atoms with Crippen molar-refractivity contribution in [3.63, 3.8) is 0 Å². The van der Waals surface area contributed by atoms with Crippen LogP contribution in [0, 0.1) is 0 Å². The summed E-state index contributed by atoms with van der Waals surface area (Å²) in [6.07, 6.45) is -0.0680. The summed E-state index contributed by atoms with van der Waals surface area (Å²) >= 11 is 3.49. The Labute approximate surface area is 160 Å². The van der Waals surface area contributed by atoms with Gasteiger partial charge in [0.15, 0.2) is 0 Å². The number of nitrogens with zero attached hydrogens (tertiary/aromatic N) is 1. The third-order valence-electron chi connectivity index (χ3n) is 4.45. The van der Waals surface area contributed by atoms with Gasteiger partial charge in [0.25, 0.3) is 5.91 Å². The molecule has 3 heterocycles. The maximum Gasteiger partial charge on any atom is 0.254 e. The number of hydrogen-bond donors (Lipinski definition) is 1. The van der Waals surface area contributed by atoms with Crippen LogP contribution in [-0.2, 0) is 4.74 Å². The molecule has 0 bridgehead atoms. The lowest BCUT2D eigenvalue weighted by Crippen LogP contribution is -2.48. The Balaban J connectivity index is 1.56. The lowest BCUT2D eigenvalue weighted by molar-refractivity contribution is -0.0167. The number of carbonyl (C=O) groups excluding carboxylic acids is 1. The highest BCUT2D eigenvalue weighted by molar-refractivity contribution is 7.23. The van der Waals surface area contributed by atoms with Crippen LogP contribution in [0.15, 0.2) is 53.9 Å². The van der Waals surface area contributed by atoms with Crippen LogP contribution in [0.25, 0.3) is 20.2 Å². The first kappa shape index (κ1) is 17.4. The van der Waals surface area contributed by atoms with Gasteiger partial charge in [-0.2, -0.15) is 0 Å². The monoisotopic (exact) mass is 384 g/mol. The first-order valence-corrected chi connectivity index (χ1v) is 10.3. The molecule has 26 heavy (non-hydrogen) atoms. The number of amides is 1. The van der Waals surface area contributed by atoms with Gasteiger partial charge in [0.05, 0.1) is 12.7 Å². The van der Waals surface area contributed by atoms with Gasteiger partial charge >= 0.3 is 0 Å². The fourth-order valence-electron chi connectivity index (χ4n) is 3.08. The van der Waals surface area contributed by atoms with Crippen molar-refractivity contribution in [3.8, 4) is 20.2 Å². The minimum absolute atomic E-state index is 0.0450. The molecule has 0 unspecified atom stereocenters. The molecule has 1 aromatic carbocycles. The topological polar surface area (TPSA) is 55.6 Å². The van der Waals surface area contributed by atoms with Crippen molar-refractivity contribution >= 4 is 28.6 Å². The predicted molar refractivity (Wildman–Crippen MR) is 108 cm³/mol. The number of morpholine rings is 1. The SMILES string of the molecule is NC[C@H]1CN(C(=O)c2cccc(-c3ccc(-c4cccs4)s3)c2)CCO1. The largest absolute Gasteiger partial charge is 0.373 e. The van der Waals surface area contributed by atoms with Crippen molar-refractivity contribution in [2.45, 2.75) is 6.10 Å². The molecule has 2 aromatic heterocycles. The molecule has 1 saturated heterocycles. The van der Waals surface area contributed by atoms with Crippen molar-refractivity contribution < 1.29 is 9.53 Å². The van der Waals surface area contributed by atoms with Gasteiger partial charge in [-0.05, 0) is 41.3 Å². The molecular formula is C20H20N2O2S2. The van der Waals surface area contributed by atoms with Crippen LogP contribution in [0.2, 0.25) is 0 Å². The van der Waals surface area contributed by atoms with Gasteiger partial charge in [0.2, 0.25) is 0 Å². The Kier molecular flexibility index (Phi) is 5.17. The van der Waals surface area contributed by atoms with E-state index in [0.717, 1.165) is 5.56 Å². The fraction of sp³-hybridized carbons (Fsp3) is 0.250. The summed E-state index contributed by atoms with van der Waals surface area (Å²) in [7, 11) is 0. The molecule has 0 radical (unpaired) electrons. The first-order chi connectivity index (χ1) is 12.7. The summed E-state index contributed by atoms with van der Waals surface area (Å²) in [5.41, 5.74) is 7.48. The van der Waals surface area contributed by atoms with E-state index in [9.17, 15) is 4.79 Å². The van der Waals surface area contributed by atoms with Crippen molar-refractivity contribution in [3.05, 3.63) is 59.5 Å². The minimum atomic E-state index is -0.0680. The molecule has 2 N–H and O–H groups in total. The van der Waals surface area contributed by atoms with Crippen LogP contribution < -0.4 is 5.73 Å². The number of benzene rings is 1. The lowest BCUT2D eigenvalue weighted by atomic mass is 10.1. The average molecular weight is 385 g/mol. The molecule has 1 aliphatic rings. The first-order valence-electron chi connectivity index (χ1n) is 8.59. The van der Waals surface area contributed by atoms with Gasteiger partial charge < -0.3 is 15.4 Å². The maximum atomic E-state index is 12.9. The normalized spacial score (nSPS) is 17.4. The molecule has 6 heteroatoms. The molecule has 134 valence electrons. The third kappa shape index (κ3) is 3.59. The summed E-state index contributed by atoms with van der Waals surface area (Å²) < 4.78 is 5.56. The third-order valence-corrected chi connectivity index (χ3v) is 6.65. The van der Waals surface area contributed by atoms with Crippen molar-refractivity contribution in [1.29, 1.82) is 0 Å². The molecule has 0 spiro atoms. The van der Waals surface area contributed by atoms with E-state index in [1.807, 2.05) is 23.1 Å². The zero-order chi connectivity index (χ0) is 17.9. The van der Waals surface area contributed by atoms with Gasteiger partial charge in [-0.3, -0.25) is 4.79 Å². The fourth-order valence-corrected chi connectivity index (χ4v) is 4.92. The van der Waals surface area contributed by atoms with E-state index < -0.39 is 0 Å². The summed E-state index contributed by atoms with van der Waals surface area (Å²) in [5.74, 6) is 0.0450. The van der Waals surface area contributed by atoms with E-state index in [2.05, 4.69) is 35.7 Å². The minimum Gasteiger partial charge on any atom is -0.373 e. The van der Waals surface area contributed by atoms with Crippen molar-refractivity contribution in [1.82, 2.24) is 4.90 Å². The summed E-state index contributed by atoms with van der Waals surface area (Å²) in [4.78, 5) is 18.4. The van der Waals surface area contributed by atoms with Crippen LogP contribution in [0.5, 0.6) is 0 Å². The van der Waals surface area contributed by atoms with Gasteiger partial charge in [0.1, 0.15) is 0 Å². The van der Waals surface area contributed by atoms with Crippen LogP contribution in [0.4, 0.5) is 0 Å². The highest BCUT2D eigenvalue weighted by Gasteiger charge is 2.24.